The summed E-state index contributed by atoms with van der Waals surface area (Å²) in [5, 5.41) is 14.2. The molecule has 1 saturated heterocycles. The molecule has 2 N–H and O–H groups in total. The van der Waals surface area contributed by atoms with Gasteiger partial charge in [-0.15, -0.1) is 23.7 Å². The highest BCUT2D eigenvalue weighted by Gasteiger charge is 2.30. The Kier molecular flexibility index (Phi) is 5.67. The van der Waals surface area contributed by atoms with E-state index in [9.17, 15) is 9.59 Å². The lowest BCUT2D eigenvalue weighted by molar-refractivity contribution is -0.143. The smallest absolute Gasteiger partial charge is 0.322 e. The van der Waals surface area contributed by atoms with E-state index in [0.29, 0.717) is 24.6 Å². The van der Waals surface area contributed by atoms with Crippen LogP contribution in [-0.2, 0) is 4.79 Å². The predicted molar refractivity (Wildman–Crippen MR) is 69.6 cm³/mol. The topological polar surface area (TPSA) is 82.5 Å². The molecule has 0 aliphatic carbocycles. The fourth-order valence-electron chi connectivity index (χ4n) is 1.79. The first-order valence-corrected chi connectivity index (χ1v) is 6.16. The molecule has 1 aliphatic heterocycles. The van der Waals surface area contributed by atoms with Crippen molar-refractivity contribution in [3.63, 3.8) is 0 Å². The van der Waals surface area contributed by atoms with E-state index in [0.717, 1.165) is 0 Å². The maximum atomic E-state index is 11.8. The number of aromatic nitrogens is 1. The van der Waals surface area contributed by atoms with Crippen molar-refractivity contribution >= 4 is 35.5 Å². The number of ketones is 1. The molecule has 1 aliphatic rings. The van der Waals surface area contributed by atoms with Gasteiger partial charge < -0.3 is 10.4 Å². The molecule has 0 saturated carbocycles. The lowest BCUT2D eigenvalue weighted by Crippen LogP contribution is -2.56. The number of Topliss-reactive ketones (excluding diaryl/α,β-unsaturated/α-hetero) is 1. The number of thiazole rings is 1. The summed E-state index contributed by atoms with van der Waals surface area (Å²) >= 11 is 1.28. The molecule has 18 heavy (non-hydrogen) atoms. The van der Waals surface area contributed by atoms with E-state index in [-0.39, 0.29) is 24.7 Å². The van der Waals surface area contributed by atoms with E-state index in [4.69, 9.17) is 5.11 Å². The number of carbonyl (C=O) groups is 2. The second kappa shape index (κ2) is 6.79. The number of rotatable bonds is 4. The predicted octanol–water partition coefficient (Wildman–Crippen LogP) is 0.106. The van der Waals surface area contributed by atoms with Crippen molar-refractivity contribution in [3.05, 3.63) is 16.6 Å². The minimum absolute atomic E-state index is 0. The molecule has 1 aromatic heterocycles. The van der Waals surface area contributed by atoms with E-state index in [1.807, 2.05) is 0 Å². The Morgan fingerprint density at radius 1 is 1.61 bits per heavy atom. The summed E-state index contributed by atoms with van der Waals surface area (Å²) in [6.07, 6.45) is 1.57. The summed E-state index contributed by atoms with van der Waals surface area (Å²) in [7, 11) is 0. The Balaban J connectivity index is 0.00000162. The van der Waals surface area contributed by atoms with Crippen molar-refractivity contribution in [2.75, 3.05) is 26.2 Å². The van der Waals surface area contributed by atoms with Gasteiger partial charge >= 0.3 is 5.97 Å². The number of carboxylic acids is 1. The Labute approximate surface area is 114 Å². The number of carbonyl (C=O) groups excluding carboxylic acids is 1. The Bertz CT molecular complexity index is 413. The van der Waals surface area contributed by atoms with Gasteiger partial charge in [0.25, 0.3) is 0 Å². The summed E-state index contributed by atoms with van der Waals surface area (Å²) in [6.45, 7) is 1.76. The number of nitrogens with one attached hydrogen (secondary N) is 1. The first-order chi connectivity index (χ1) is 8.18. The second-order valence-corrected chi connectivity index (χ2v) is 4.68. The standard InChI is InChI=1S/C10H13N3O3S.ClH/c14-8(9-12-2-4-17-9)6-13-3-1-11-5-7(13)10(15)16;/h2,4,7,11H,1,3,5-6H2,(H,15,16);1H. The first kappa shape index (κ1) is 15.0. The summed E-state index contributed by atoms with van der Waals surface area (Å²) in [5.74, 6) is -1.02. The molecule has 8 heteroatoms. The normalized spacial score (nSPS) is 20.1. The molecule has 0 amide bonds. The first-order valence-electron chi connectivity index (χ1n) is 5.29. The van der Waals surface area contributed by atoms with E-state index in [1.165, 1.54) is 11.3 Å². The summed E-state index contributed by atoms with van der Waals surface area (Å²) in [5.41, 5.74) is 0. The van der Waals surface area contributed by atoms with Gasteiger partial charge in [-0.3, -0.25) is 14.5 Å². The van der Waals surface area contributed by atoms with Crippen molar-refractivity contribution in [1.29, 1.82) is 0 Å². The maximum absolute atomic E-state index is 11.8. The molecular weight excluding hydrogens is 278 g/mol. The molecule has 0 aromatic carbocycles. The van der Waals surface area contributed by atoms with Gasteiger partial charge in [0.15, 0.2) is 5.01 Å². The quantitative estimate of drug-likeness (QED) is 0.766. The van der Waals surface area contributed by atoms with Gasteiger partial charge in [-0.2, -0.15) is 0 Å². The van der Waals surface area contributed by atoms with Gasteiger partial charge in [0, 0.05) is 31.2 Å². The van der Waals surface area contributed by atoms with Crippen LogP contribution in [0.2, 0.25) is 0 Å². The summed E-state index contributed by atoms with van der Waals surface area (Å²) in [4.78, 5) is 28.5. The lowest BCUT2D eigenvalue weighted by atomic mass is 10.2. The van der Waals surface area contributed by atoms with Gasteiger partial charge in [0.05, 0.1) is 6.54 Å². The Morgan fingerprint density at radius 2 is 2.39 bits per heavy atom. The van der Waals surface area contributed by atoms with E-state index >= 15 is 0 Å². The zero-order chi connectivity index (χ0) is 12.3. The van der Waals surface area contributed by atoms with Crippen LogP contribution in [0.5, 0.6) is 0 Å². The van der Waals surface area contributed by atoms with Gasteiger partial charge in [0.2, 0.25) is 5.78 Å². The van der Waals surface area contributed by atoms with Crippen molar-refractivity contribution in [2.45, 2.75) is 6.04 Å². The van der Waals surface area contributed by atoms with E-state index < -0.39 is 12.0 Å². The fourth-order valence-corrected chi connectivity index (χ4v) is 2.36. The van der Waals surface area contributed by atoms with Gasteiger partial charge in [-0.1, -0.05) is 0 Å². The molecule has 0 spiro atoms. The van der Waals surface area contributed by atoms with Gasteiger partial charge in [-0.05, 0) is 0 Å². The molecule has 6 nitrogen and oxygen atoms in total. The second-order valence-electron chi connectivity index (χ2n) is 3.79. The minimum Gasteiger partial charge on any atom is -0.480 e. The average Bonchev–Trinajstić information content (AvgIpc) is 2.83. The molecule has 2 heterocycles. The van der Waals surface area contributed by atoms with Crippen LogP contribution in [0.1, 0.15) is 9.80 Å². The van der Waals surface area contributed by atoms with Crippen LogP contribution in [0.25, 0.3) is 0 Å². The number of carboxylic acid groups (broad SMARTS) is 1. The third kappa shape index (κ3) is 3.49. The third-order valence-electron chi connectivity index (χ3n) is 2.66. The Morgan fingerprint density at radius 3 is 3.00 bits per heavy atom. The Hall–Kier alpha value is -1.02. The van der Waals surface area contributed by atoms with Crippen LogP contribution < -0.4 is 5.32 Å². The van der Waals surface area contributed by atoms with Crippen molar-refractivity contribution < 1.29 is 14.7 Å². The molecule has 1 fully saturated rings. The van der Waals surface area contributed by atoms with Crippen LogP contribution in [-0.4, -0.2) is 59.0 Å². The molecule has 0 radical (unpaired) electrons. The maximum Gasteiger partial charge on any atom is 0.322 e. The molecule has 100 valence electrons. The van der Waals surface area contributed by atoms with Gasteiger partial charge in [0.1, 0.15) is 6.04 Å². The zero-order valence-electron chi connectivity index (χ0n) is 9.54. The van der Waals surface area contributed by atoms with E-state index in [1.54, 1.807) is 16.5 Å². The molecule has 1 unspecified atom stereocenters. The van der Waals surface area contributed by atoms with Crippen LogP contribution >= 0.6 is 23.7 Å². The number of piperazine rings is 1. The monoisotopic (exact) mass is 291 g/mol. The van der Waals surface area contributed by atoms with Crippen LogP contribution in [0.15, 0.2) is 11.6 Å². The van der Waals surface area contributed by atoms with Crippen LogP contribution in [0.4, 0.5) is 0 Å². The number of hydrogen-bond acceptors (Lipinski definition) is 6. The van der Waals surface area contributed by atoms with Crippen LogP contribution in [0.3, 0.4) is 0 Å². The number of nitrogens with zero attached hydrogens (tertiary/aromatic N) is 2. The zero-order valence-corrected chi connectivity index (χ0v) is 11.2. The number of halogens is 1. The fraction of sp³-hybridized carbons (Fsp3) is 0.500. The molecular formula is C10H14ClN3O3S. The van der Waals surface area contributed by atoms with Gasteiger partial charge in [-0.25, -0.2) is 4.98 Å². The molecule has 0 bridgehead atoms. The number of hydrogen-bond donors (Lipinski definition) is 2. The van der Waals surface area contributed by atoms with Crippen molar-refractivity contribution in [2.24, 2.45) is 0 Å². The molecule has 1 aromatic rings. The van der Waals surface area contributed by atoms with Crippen molar-refractivity contribution in [1.82, 2.24) is 15.2 Å². The highest BCUT2D eigenvalue weighted by Crippen LogP contribution is 2.09. The molecule has 1 atom stereocenters. The summed E-state index contributed by atoms with van der Waals surface area (Å²) in [6, 6.07) is -0.632. The van der Waals surface area contributed by atoms with Crippen molar-refractivity contribution in [3.8, 4) is 0 Å². The average molecular weight is 292 g/mol. The highest BCUT2D eigenvalue weighted by molar-refractivity contribution is 7.11. The highest BCUT2D eigenvalue weighted by atomic mass is 35.5. The SMILES string of the molecule is Cl.O=C(CN1CCNCC1C(=O)O)c1nccs1. The summed E-state index contributed by atoms with van der Waals surface area (Å²) < 4.78 is 0. The minimum atomic E-state index is -0.899. The number of aliphatic carboxylic acids is 1. The van der Waals surface area contributed by atoms with Crippen LogP contribution in [0, 0.1) is 0 Å². The van der Waals surface area contributed by atoms with E-state index in [2.05, 4.69) is 10.3 Å². The largest absolute Gasteiger partial charge is 0.480 e. The molecule has 2 rings (SSSR count). The lowest BCUT2D eigenvalue weighted by Gasteiger charge is -2.32. The third-order valence-corrected chi connectivity index (χ3v) is 3.47.